The summed E-state index contributed by atoms with van der Waals surface area (Å²) in [6.45, 7) is 1.99. The maximum Gasteiger partial charge on any atom is 0.137 e. The Morgan fingerprint density at radius 3 is 2.71 bits per heavy atom. The molecule has 0 amide bonds. The van der Waals surface area contributed by atoms with Gasteiger partial charge in [-0.05, 0) is 36.8 Å². The Bertz CT molecular complexity index is 953. The summed E-state index contributed by atoms with van der Waals surface area (Å²) in [6, 6.07) is 16.4. The summed E-state index contributed by atoms with van der Waals surface area (Å²) < 4.78 is 0. The van der Waals surface area contributed by atoms with E-state index in [1.807, 2.05) is 43.5 Å². The second-order valence-electron chi connectivity index (χ2n) is 5.77. The number of hydrogen-bond donors (Lipinski definition) is 2. The zero-order valence-electron chi connectivity index (χ0n) is 13.3. The Balaban J connectivity index is 1.61. The maximum absolute atomic E-state index is 4.74. The highest BCUT2D eigenvalue weighted by Gasteiger charge is 2.06. The number of aromatic amines is 2. The predicted molar refractivity (Wildman–Crippen MR) is 93.4 cm³/mol. The third-order valence-electron chi connectivity index (χ3n) is 3.86. The summed E-state index contributed by atoms with van der Waals surface area (Å²) in [7, 11) is 0. The Morgan fingerprint density at radius 2 is 1.92 bits per heavy atom. The van der Waals surface area contributed by atoms with E-state index in [2.05, 4.69) is 38.4 Å². The number of benzene rings is 1. The molecule has 1 aromatic carbocycles. The van der Waals surface area contributed by atoms with E-state index in [0.717, 1.165) is 40.6 Å². The van der Waals surface area contributed by atoms with Crippen LogP contribution in [0.3, 0.4) is 0 Å². The van der Waals surface area contributed by atoms with Crippen LogP contribution in [0.5, 0.6) is 0 Å². The van der Waals surface area contributed by atoms with E-state index < -0.39 is 0 Å². The van der Waals surface area contributed by atoms with Crippen LogP contribution in [-0.4, -0.2) is 25.1 Å². The molecule has 2 N–H and O–H groups in total. The van der Waals surface area contributed by atoms with Crippen molar-refractivity contribution in [1.29, 1.82) is 0 Å². The minimum Gasteiger partial charge on any atom is -0.345 e. The zero-order chi connectivity index (χ0) is 16.4. The normalized spacial score (nSPS) is 10.9. The number of hydrogen-bond acceptors (Lipinski definition) is 3. The summed E-state index contributed by atoms with van der Waals surface area (Å²) >= 11 is 0. The zero-order valence-corrected chi connectivity index (χ0v) is 13.3. The Hall–Kier alpha value is -3.21. The number of aryl methyl sites for hydroxylation is 1. The van der Waals surface area contributed by atoms with Gasteiger partial charge in [-0.2, -0.15) is 5.10 Å². The highest BCUT2D eigenvalue weighted by atomic mass is 15.1. The number of aromatic nitrogens is 5. The number of imidazole rings is 1. The Labute approximate surface area is 139 Å². The molecule has 3 aromatic heterocycles. The van der Waals surface area contributed by atoms with Crippen LogP contribution in [0.4, 0.5) is 0 Å². The van der Waals surface area contributed by atoms with Gasteiger partial charge >= 0.3 is 0 Å². The standard InChI is InChI=1S/C19H17N5/c1-13-10-18(24-23-13)17-7-3-6-16(22-17)12-14-4-2-5-15(11-14)19-20-8-9-21-19/h2-11H,12H2,1H3,(H,20,21)(H,23,24). The molecule has 5 nitrogen and oxygen atoms in total. The third-order valence-corrected chi connectivity index (χ3v) is 3.86. The molecule has 0 saturated heterocycles. The van der Waals surface area contributed by atoms with Gasteiger partial charge in [0.05, 0.1) is 5.69 Å². The van der Waals surface area contributed by atoms with E-state index in [1.54, 1.807) is 6.20 Å². The lowest BCUT2D eigenvalue weighted by molar-refractivity contribution is 1.03. The molecular formula is C19H17N5. The van der Waals surface area contributed by atoms with Crippen molar-refractivity contribution in [3.05, 3.63) is 77.9 Å². The van der Waals surface area contributed by atoms with Crippen LogP contribution < -0.4 is 0 Å². The first-order chi connectivity index (χ1) is 11.8. The number of rotatable bonds is 4. The number of nitrogens with one attached hydrogen (secondary N) is 2. The van der Waals surface area contributed by atoms with Crippen LogP contribution >= 0.6 is 0 Å². The van der Waals surface area contributed by atoms with E-state index in [9.17, 15) is 0 Å². The molecule has 0 unspecified atom stereocenters. The van der Waals surface area contributed by atoms with E-state index in [-0.39, 0.29) is 0 Å². The second-order valence-corrected chi connectivity index (χ2v) is 5.77. The van der Waals surface area contributed by atoms with Gasteiger partial charge in [-0.15, -0.1) is 0 Å². The Kier molecular flexibility index (Phi) is 3.67. The second kappa shape index (κ2) is 6.12. The van der Waals surface area contributed by atoms with Crippen LogP contribution in [0.2, 0.25) is 0 Å². The number of pyridine rings is 1. The van der Waals surface area contributed by atoms with Crippen LogP contribution in [0.25, 0.3) is 22.8 Å². The molecule has 0 fully saturated rings. The van der Waals surface area contributed by atoms with Gasteiger partial charge in [-0.3, -0.25) is 10.1 Å². The Morgan fingerprint density at radius 1 is 1.00 bits per heavy atom. The smallest absolute Gasteiger partial charge is 0.137 e. The first kappa shape index (κ1) is 14.4. The van der Waals surface area contributed by atoms with Crippen molar-refractivity contribution < 1.29 is 0 Å². The highest BCUT2D eigenvalue weighted by molar-refractivity contribution is 5.57. The summed E-state index contributed by atoms with van der Waals surface area (Å²) in [4.78, 5) is 12.2. The van der Waals surface area contributed by atoms with E-state index in [4.69, 9.17) is 4.98 Å². The van der Waals surface area contributed by atoms with Crippen molar-refractivity contribution in [3.63, 3.8) is 0 Å². The van der Waals surface area contributed by atoms with E-state index in [0.29, 0.717) is 0 Å². The fourth-order valence-corrected chi connectivity index (χ4v) is 2.73. The first-order valence-corrected chi connectivity index (χ1v) is 7.85. The lowest BCUT2D eigenvalue weighted by Crippen LogP contribution is -1.95. The van der Waals surface area contributed by atoms with Gasteiger partial charge in [0.25, 0.3) is 0 Å². The molecule has 0 saturated carbocycles. The van der Waals surface area contributed by atoms with Crippen LogP contribution in [0.1, 0.15) is 17.0 Å². The molecule has 0 radical (unpaired) electrons. The molecule has 0 spiro atoms. The molecule has 24 heavy (non-hydrogen) atoms. The molecular weight excluding hydrogens is 298 g/mol. The van der Waals surface area contributed by atoms with Gasteiger partial charge in [0.15, 0.2) is 0 Å². The molecule has 0 bridgehead atoms. The summed E-state index contributed by atoms with van der Waals surface area (Å²) in [5.41, 5.74) is 6.09. The lowest BCUT2D eigenvalue weighted by Gasteiger charge is -2.05. The molecule has 0 aliphatic rings. The summed E-state index contributed by atoms with van der Waals surface area (Å²) in [5.74, 6) is 0.880. The topological polar surface area (TPSA) is 70.2 Å². The van der Waals surface area contributed by atoms with Gasteiger partial charge in [0.2, 0.25) is 0 Å². The van der Waals surface area contributed by atoms with Crippen molar-refractivity contribution >= 4 is 0 Å². The van der Waals surface area contributed by atoms with Crippen LogP contribution in [0, 0.1) is 6.92 Å². The minimum absolute atomic E-state index is 0.770. The van der Waals surface area contributed by atoms with E-state index in [1.165, 1.54) is 5.56 Å². The molecule has 118 valence electrons. The average molecular weight is 315 g/mol. The van der Waals surface area contributed by atoms with Gasteiger partial charge in [0.1, 0.15) is 11.5 Å². The summed E-state index contributed by atoms with van der Waals surface area (Å²) in [5, 5.41) is 7.24. The molecule has 5 heteroatoms. The largest absolute Gasteiger partial charge is 0.345 e. The number of nitrogens with zero attached hydrogens (tertiary/aromatic N) is 3. The van der Waals surface area contributed by atoms with Crippen molar-refractivity contribution in [2.45, 2.75) is 13.3 Å². The van der Waals surface area contributed by atoms with Crippen molar-refractivity contribution in [2.75, 3.05) is 0 Å². The molecule has 4 rings (SSSR count). The monoisotopic (exact) mass is 315 g/mol. The average Bonchev–Trinajstić information content (AvgIpc) is 3.27. The summed E-state index contributed by atoms with van der Waals surface area (Å²) in [6.07, 6.45) is 4.36. The maximum atomic E-state index is 4.74. The molecule has 0 aliphatic heterocycles. The van der Waals surface area contributed by atoms with Gasteiger partial charge in [0, 0.05) is 35.8 Å². The fourth-order valence-electron chi connectivity index (χ4n) is 2.73. The van der Waals surface area contributed by atoms with Crippen molar-refractivity contribution in [1.82, 2.24) is 25.1 Å². The molecule has 0 atom stereocenters. The van der Waals surface area contributed by atoms with Crippen LogP contribution in [0.15, 0.2) is 60.9 Å². The van der Waals surface area contributed by atoms with Crippen molar-refractivity contribution in [2.24, 2.45) is 0 Å². The van der Waals surface area contributed by atoms with Gasteiger partial charge in [-0.1, -0.05) is 24.3 Å². The molecule has 0 aliphatic carbocycles. The van der Waals surface area contributed by atoms with Crippen molar-refractivity contribution in [3.8, 4) is 22.8 Å². The fraction of sp³-hybridized carbons (Fsp3) is 0.105. The predicted octanol–water partition coefficient (Wildman–Crippen LogP) is 3.76. The van der Waals surface area contributed by atoms with E-state index >= 15 is 0 Å². The van der Waals surface area contributed by atoms with Gasteiger partial charge in [-0.25, -0.2) is 4.98 Å². The SMILES string of the molecule is Cc1cc(-c2cccc(Cc3cccc(-c4ncc[nH]4)c3)n2)n[nH]1. The minimum atomic E-state index is 0.770. The quantitative estimate of drug-likeness (QED) is 0.602. The molecule has 3 heterocycles. The van der Waals surface area contributed by atoms with Crippen LogP contribution in [-0.2, 0) is 6.42 Å². The first-order valence-electron chi connectivity index (χ1n) is 7.85. The third kappa shape index (κ3) is 2.96. The lowest BCUT2D eigenvalue weighted by atomic mass is 10.1. The highest BCUT2D eigenvalue weighted by Crippen LogP contribution is 2.20. The number of H-pyrrole nitrogens is 2. The molecule has 4 aromatic rings. The van der Waals surface area contributed by atoms with Gasteiger partial charge < -0.3 is 4.98 Å².